The van der Waals surface area contributed by atoms with E-state index in [1.807, 2.05) is 18.7 Å². The highest BCUT2D eigenvalue weighted by molar-refractivity contribution is 7.89. The van der Waals surface area contributed by atoms with E-state index in [-0.39, 0.29) is 34.2 Å². The van der Waals surface area contributed by atoms with E-state index in [1.165, 1.54) is 28.6 Å². The summed E-state index contributed by atoms with van der Waals surface area (Å²) >= 11 is 0. The minimum Gasteiger partial charge on any atom is -0.339 e. The molecule has 3 fully saturated rings. The molecule has 5 rings (SSSR count). The molecule has 0 spiro atoms. The fraction of sp³-hybridized carbons (Fsp3) is 0.625. The first kappa shape index (κ1) is 27.0. The van der Waals surface area contributed by atoms with Crippen LogP contribution in [0.2, 0.25) is 0 Å². The van der Waals surface area contributed by atoms with Crippen molar-refractivity contribution >= 4 is 32.0 Å². The number of aromatic nitrogens is 2. The van der Waals surface area contributed by atoms with Gasteiger partial charge in [0, 0.05) is 51.2 Å². The molecule has 12 nitrogen and oxygen atoms in total. The molecule has 1 amide bonds. The number of benzene rings is 1. The van der Waals surface area contributed by atoms with Gasteiger partial charge in [-0.05, 0) is 49.9 Å². The molecule has 0 bridgehead atoms. The minimum absolute atomic E-state index is 0.0184. The highest BCUT2D eigenvalue weighted by atomic mass is 32.2. The second-order valence-electron chi connectivity index (χ2n) is 10.5. The Bertz CT molecular complexity index is 1360. The Labute approximate surface area is 223 Å². The average molecular weight is 567 g/mol. The Morgan fingerprint density at radius 1 is 0.974 bits per heavy atom. The highest BCUT2D eigenvalue weighted by Gasteiger charge is 2.36. The number of piperidine rings is 1. The fourth-order valence-corrected chi connectivity index (χ4v) is 7.59. The summed E-state index contributed by atoms with van der Waals surface area (Å²) < 4.78 is 60.8. The molecule has 2 saturated heterocycles. The number of sulfonamides is 2. The van der Waals surface area contributed by atoms with Crippen LogP contribution in [0.25, 0.3) is 0 Å². The third-order valence-electron chi connectivity index (χ3n) is 7.21. The van der Waals surface area contributed by atoms with Gasteiger partial charge < -0.3 is 14.3 Å². The van der Waals surface area contributed by atoms with Crippen molar-refractivity contribution in [3.63, 3.8) is 0 Å². The van der Waals surface area contributed by atoms with Gasteiger partial charge in [0.2, 0.25) is 26.0 Å². The summed E-state index contributed by atoms with van der Waals surface area (Å²) in [6.45, 7) is 6.51. The second kappa shape index (κ2) is 10.5. The summed E-state index contributed by atoms with van der Waals surface area (Å²) in [5, 5.41) is 4.00. The van der Waals surface area contributed by atoms with Crippen LogP contribution in [0.15, 0.2) is 38.6 Å². The van der Waals surface area contributed by atoms with Crippen LogP contribution in [0.1, 0.15) is 51.3 Å². The van der Waals surface area contributed by atoms with E-state index in [0.717, 1.165) is 12.8 Å². The van der Waals surface area contributed by atoms with E-state index in [9.17, 15) is 21.6 Å². The van der Waals surface area contributed by atoms with Gasteiger partial charge in [-0.1, -0.05) is 19.0 Å². The van der Waals surface area contributed by atoms with E-state index in [4.69, 9.17) is 4.52 Å². The Morgan fingerprint density at radius 3 is 2.24 bits per heavy atom. The van der Waals surface area contributed by atoms with Crippen molar-refractivity contribution in [1.29, 1.82) is 0 Å². The molecule has 1 atom stereocenters. The van der Waals surface area contributed by atoms with Crippen LogP contribution in [0.5, 0.6) is 0 Å². The lowest BCUT2D eigenvalue weighted by molar-refractivity contribution is -0.137. The van der Waals surface area contributed by atoms with Gasteiger partial charge in [0.15, 0.2) is 5.82 Å². The van der Waals surface area contributed by atoms with Crippen molar-refractivity contribution in [3.05, 3.63) is 30.1 Å². The Kier molecular flexibility index (Phi) is 7.50. The molecule has 3 aliphatic rings. The van der Waals surface area contributed by atoms with E-state index in [2.05, 4.69) is 14.9 Å². The number of hydrogen-bond donors (Lipinski definition) is 1. The number of piperazine rings is 1. The molecule has 0 unspecified atom stereocenters. The number of nitrogens with one attached hydrogen (secondary N) is 1. The molecule has 1 aromatic heterocycles. The van der Waals surface area contributed by atoms with Crippen LogP contribution in [0, 0.1) is 5.92 Å². The smallest absolute Gasteiger partial charge is 0.324 e. The van der Waals surface area contributed by atoms with Gasteiger partial charge >= 0.3 is 6.01 Å². The Morgan fingerprint density at radius 2 is 1.63 bits per heavy atom. The number of nitrogens with zero attached hydrogens (tertiary/aromatic N) is 5. The molecule has 2 aromatic rings. The van der Waals surface area contributed by atoms with Crippen LogP contribution < -0.4 is 9.62 Å². The first-order valence-electron chi connectivity index (χ1n) is 13.0. The highest BCUT2D eigenvalue weighted by Crippen LogP contribution is 2.27. The van der Waals surface area contributed by atoms with Crippen molar-refractivity contribution in [2.75, 3.05) is 44.2 Å². The third-order valence-corrected chi connectivity index (χ3v) is 10.6. The molecule has 2 aliphatic heterocycles. The van der Waals surface area contributed by atoms with Crippen LogP contribution in [0.3, 0.4) is 0 Å². The van der Waals surface area contributed by atoms with Gasteiger partial charge in [-0.25, -0.2) is 21.6 Å². The van der Waals surface area contributed by atoms with Crippen molar-refractivity contribution in [2.45, 2.75) is 61.3 Å². The lowest BCUT2D eigenvalue weighted by atomic mass is 9.98. The molecule has 3 heterocycles. The zero-order chi connectivity index (χ0) is 27.1. The van der Waals surface area contributed by atoms with Crippen LogP contribution in [-0.4, -0.2) is 87.4 Å². The molecule has 38 heavy (non-hydrogen) atoms. The first-order valence-corrected chi connectivity index (χ1v) is 16.0. The van der Waals surface area contributed by atoms with Gasteiger partial charge in [-0.15, -0.1) is 0 Å². The molecular weight excluding hydrogens is 532 g/mol. The summed E-state index contributed by atoms with van der Waals surface area (Å²) in [4.78, 5) is 21.5. The average Bonchev–Trinajstić information content (AvgIpc) is 3.57. The first-order chi connectivity index (χ1) is 18.0. The van der Waals surface area contributed by atoms with Crippen molar-refractivity contribution in [2.24, 2.45) is 5.92 Å². The summed E-state index contributed by atoms with van der Waals surface area (Å²) in [6, 6.07) is 5.70. The van der Waals surface area contributed by atoms with E-state index in [1.54, 1.807) is 4.90 Å². The topological polar surface area (TPSA) is 146 Å². The van der Waals surface area contributed by atoms with Crippen LogP contribution in [-0.2, 0) is 24.8 Å². The molecule has 208 valence electrons. The molecule has 1 aliphatic carbocycles. The second-order valence-corrected chi connectivity index (χ2v) is 14.1. The fourth-order valence-electron chi connectivity index (χ4n) is 4.76. The quantitative estimate of drug-likeness (QED) is 0.501. The Balaban J connectivity index is 1.19. The number of hydrogen-bond acceptors (Lipinski definition) is 9. The number of rotatable bonds is 8. The molecule has 0 radical (unpaired) electrons. The lowest BCUT2D eigenvalue weighted by Crippen LogP contribution is -2.53. The van der Waals surface area contributed by atoms with Gasteiger partial charge in [0.1, 0.15) is 0 Å². The van der Waals surface area contributed by atoms with Crippen molar-refractivity contribution < 1.29 is 26.2 Å². The van der Waals surface area contributed by atoms with Crippen molar-refractivity contribution in [1.82, 2.24) is 24.1 Å². The normalized spacial score (nSPS) is 21.7. The predicted octanol–water partition coefficient (Wildman–Crippen LogP) is 1.38. The third kappa shape index (κ3) is 5.72. The number of anilines is 1. The van der Waals surface area contributed by atoms with Gasteiger partial charge in [-0.2, -0.15) is 9.29 Å². The van der Waals surface area contributed by atoms with Crippen molar-refractivity contribution in [3.8, 4) is 0 Å². The standard InChI is InChI=1S/C24H34N6O6S2/c1-17(2)22-25-24(36-26-22)29-14-12-28(13-15-29)23(31)18-4-3-11-30(16-18)38(34,35)21-9-7-20(8-10-21)37(32,33)27-19-5-6-19/h7-10,17-19,27H,3-6,11-16H2,1-2H3/t18-/m1/s1. The summed E-state index contributed by atoms with van der Waals surface area (Å²) in [7, 11) is -7.54. The number of carbonyl (C=O) groups is 1. The maximum Gasteiger partial charge on any atom is 0.324 e. The maximum atomic E-state index is 13.3. The van der Waals surface area contributed by atoms with Gasteiger partial charge in [-0.3, -0.25) is 4.79 Å². The van der Waals surface area contributed by atoms with Crippen LogP contribution in [0.4, 0.5) is 6.01 Å². The number of carbonyl (C=O) groups excluding carboxylic acids is 1. The monoisotopic (exact) mass is 566 g/mol. The molecule has 1 saturated carbocycles. The molecule has 1 N–H and O–H groups in total. The number of amides is 1. The summed E-state index contributed by atoms with van der Waals surface area (Å²) in [6.07, 6.45) is 2.83. The van der Waals surface area contributed by atoms with Crippen LogP contribution >= 0.6 is 0 Å². The Hall–Kier alpha value is -2.55. The molecule has 14 heteroatoms. The van der Waals surface area contributed by atoms with Gasteiger partial charge in [0.25, 0.3) is 0 Å². The van der Waals surface area contributed by atoms with Gasteiger partial charge in [0.05, 0.1) is 15.7 Å². The largest absolute Gasteiger partial charge is 0.339 e. The molecular formula is C24H34N6O6S2. The van der Waals surface area contributed by atoms with E-state index < -0.39 is 26.0 Å². The maximum absolute atomic E-state index is 13.3. The zero-order valence-corrected chi connectivity index (χ0v) is 23.2. The molecule has 1 aromatic carbocycles. The van der Waals surface area contributed by atoms with E-state index in [0.29, 0.717) is 57.4 Å². The SMILES string of the molecule is CC(C)c1noc(N2CCN(C(=O)[C@@H]3CCCN(S(=O)(=O)c4ccc(S(=O)(=O)NC5CC5)cc4)C3)CC2)n1. The summed E-state index contributed by atoms with van der Waals surface area (Å²) in [5.74, 6) is 0.332. The van der Waals surface area contributed by atoms with E-state index >= 15 is 0 Å². The zero-order valence-electron chi connectivity index (χ0n) is 21.6. The predicted molar refractivity (Wildman–Crippen MR) is 138 cm³/mol. The minimum atomic E-state index is -3.87. The lowest BCUT2D eigenvalue weighted by Gasteiger charge is -2.38. The summed E-state index contributed by atoms with van der Waals surface area (Å²) in [5.41, 5.74) is 0.